The number of hydrogen-bond donors (Lipinski definition) is 2. The number of nitrogens with zero attached hydrogens (tertiary/aromatic N) is 2. The lowest BCUT2D eigenvalue weighted by molar-refractivity contribution is 0.0417. The van der Waals surface area contributed by atoms with Crippen LogP contribution in [0.2, 0.25) is 0 Å². The molecule has 1 aromatic carbocycles. The average molecular weight is 335 g/mol. The topological polar surface area (TPSA) is 65.0 Å². The van der Waals surface area contributed by atoms with Gasteiger partial charge < -0.3 is 25.0 Å². The third kappa shape index (κ3) is 3.65. The van der Waals surface area contributed by atoms with E-state index in [1.54, 1.807) is 11.0 Å². The number of ether oxygens (including phenoxy) is 1. The molecule has 134 valence electrons. The van der Waals surface area contributed by atoms with Gasteiger partial charge in [-0.25, -0.2) is 0 Å². The van der Waals surface area contributed by atoms with Crippen molar-refractivity contribution >= 4 is 11.6 Å². The maximum absolute atomic E-state index is 13.1. The lowest BCUT2D eigenvalue weighted by Gasteiger charge is -2.38. The van der Waals surface area contributed by atoms with Crippen LogP contribution in [0, 0.1) is 5.92 Å². The smallest absolute Gasteiger partial charge is 0.258 e. The lowest BCUT2D eigenvalue weighted by Crippen LogP contribution is -2.49. The molecule has 6 nitrogen and oxygen atoms in total. The van der Waals surface area contributed by atoms with Crippen molar-refractivity contribution in [3.8, 4) is 5.75 Å². The van der Waals surface area contributed by atoms with Crippen molar-refractivity contribution in [2.24, 2.45) is 5.92 Å². The Morgan fingerprint density at radius 1 is 1.46 bits per heavy atom. The van der Waals surface area contributed by atoms with Gasteiger partial charge in [0.15, 0.2) is 5.75 Å². The number of amides is 1. The Balaban J connectivity index is 2.56. The maximum Gasteiger partial charge on any atom is 0.258 e. The molecule has 0 saturated carbocycles. The van der Waals surface area contributed by atoms with Crippen LogP contribution in [-0.2, 0) is 0 Å². The molecule has 0 aromatic heterocycles. The molecule has 3 atom stereocenters. The van der Waals surface area contributed by atoms with Gasteiger partial charge in [-0.3, -0.25) is 4.79 Å². The van der Waals surface area contributed by atoms with Crippen molar-refractivity contribution in [2.75, 3.05) is 45.7 Å². The second kappa shape index (κ2) is 7.85. The summed E-state index contributed by atoms with van der Waals surface area (Å²) in [6.45, 7) is 5.14. The molecule has 1 aliphatic heterocycles. The molecule has 0 spiro atoms. The zero-order valence-electron chi connectivity index (χ0n) is 15.2. The molecule has 0 fully saturated rings. The van der Waals surface area contributed by atoms with Gasteiger partial charge >= 0.3 is 0 Å². The van der Waals surface area contributed by atoms with Gasteiger partial charge in [-0.1, -0.05) is 13.0 Å². The van der Waals surface area contributed by atoms with Crippen LogP contribution < -0.4 is 15.0 Å². The molecule has 0 unspecified atom stereocenters. The molecule has 0 bridgehead atoms. The molecule has 6 heteroatoms. The quantitative estimate of drug-likeness (QED) is 0.846. The highest BCUT2D eigenvalue weighted by Crippen LogP contribution is 2.35. The average Bonchev–Trinajstić information content (AvgIpc) is 2.56. The summed E-state index contributed by atoms with van der Waals surface area (Å²) in [5, 5.41) is 12.7. The number of carbonyl (C=O) groups excluding carboxylic acids is 1. The van der Waals surface area contributed by atoms with E-state index in [0.29, 0.717) is 24.4 Å². The highest BCUT2D eigenvalue weighted by molar-refractivity contribution is 5.99. The van der Waals surface area contributed by atoms with E-state index in [0.717, 1.165) is 5.69 Å². The molecular weight excluding hydrogens is 306 g/mol. The van der Waals surface area contributed by atoms with Crippen molar-refractivity contribution in [1.29, 1.82) is 0 Å². The van der Waals surface area contributed by atoms with Gasteiger partial charge in [0.2, 0.25) is 0 Å². The number of hydrogen-bond acceptors (Lipinski definition) is 5. The number of aliphatic hydroxyl groups excluding tert-OH is 1. The first-order valence-electron chi connectivity index (χ1n) is 8.44. The molecule has 1 aromatic rings. The highest BCUT2D eigenvalue weighted by atomic mass is 16.5. The monoisotopic (exact) mass is 335 g/mol. The van der Waals surface area contributed by atoms with E-state index >= 15 is 0 Å². The Labute approximate surface area is 144 Å². The van der Waals surface area contributed by atoms with E-state index in [1.165, 1.54) is 0 Å². The van der Waals surface area contributed by atoms with Gasteiger partial charge in [0.1, 0.15) is 6.10 Å². The molecular formula is C18H29N3O3. The van der Waals surface area contributed by atoms with Crippen molar-refractivity contribution in [3.63, 3.8) is 0 Å². The van der Waals surface area contributed by atoms with Crippen molar-refractivity contribution in [1.82, 2.24) is 10.2 Å². The van der Waals surface area contributed by atoms with Gasteiger partial charge in [0.25, 0.3) is 5.91 Å². The lowest BCUT2D eigenvalue weighted by atomic mass is 9.99. The number of rotatable bonds is 5. The minimum atomic E-state index is -0.232. The van der Waals surface area contributed by atoms with Gasteiger partial charge in [0.05, 0.1) is 23.9 Å². The van der Waals surface area contributed by atoms with Crippen molar-refractivity contribution in [3.05, 3.63) is 23.8 Å². The molecule has 1 heterocycles. The molecule has 0 aliphatic carbocycles. The zero-order chi connectivity index (χ0) is 17.9. The van der Waals surface area contributed by atoms with E-state index < -0.39 is 0 Å². The van der Waals surface area contributed by atoms with Crippen LogP contribution in [0.3, 0.4) is 0 Å². The van der Waals surface area contributed by atoms with E-state index in [4.69, 9.17) is 4.74 Å². The van der Waals surface area contributed by atoms with E-state index in [-0.39, 0.29) is 30.6 Å². The fourth-order valence-corrected chi connectivity index (χ4v) is 3.02. The van der Waals surface area contributed by atoms with E-state index in [1.807, 2.05) is 45.1 Å². The fourth-order valence-electron chi connectivity index (χ4n) is 3.02. The Bertz CT molecular complexity index is 577. The number of carbonyl (C=O) groups is 1. The summed E-state index contributed by atoms with van der Waals surface area (Å²) in [5.74, 6) is 0.665. The third-order valence-corrected chi connectivity index (χ3v) is 4.56. The summed E-state index contributed by atoms with van der Waals surface area (Å²) in [5.41, 5.74) is 1.43. The largest absolute Gasteiger partial charge is 0.486 e. The first kappa shape index (κ1) is 18.5. The summed E-state index contributed by atoms with van der Waals surface area (Å²) in [6.07, 6.45) is -0.0589. The Kier molecular flexibility index (Phi) is 6.07. The van der Waals surface area contributed by atoms with Crippen LogP contribution in [0.25, 0.3) is 0 Å². The molecule has 2 rings (SSSR count). The van der Waals surface area contributed by atoms with E-state index in [2.05, 4.69) is 12.2 Å². The summed E-state index contributed by atoms with van der Waals surface area (Å²) < 4.78 is 6.30. The molecule has 1 aliphatic rings. The summed E-state index contributed by atoms with van der Waals surface area (Å²) in [4.78, 5) is 16.8. The van der Waals surface area contributed by atoms with Crippen LogP contribution in [0.15, 0.2) is 18.2 Å². The van der Waals surface area contributed by atoms with Crippen molar-refractivity contribution in [2.45, 2.75) is 26.0 Å². The Morgan fingerprint density at radius 2 is 2.17 bits per heavy atom. The zero-order valence-corrected chi connectivity index (χ0v) is 15.2. The molecule has 24 heavy (non-hydrogen) atoms. The van der Waals surface area contributed by atoms with Gasteiger partial charge in [0, 0.05) is 33.1 Å². The Morgan fingerprint density at radius 3 is 2.75 bits per heavy atom. The molecule has 1 amide bonds. The summed E-state index contributed by atoms with van der Waals surface area (Å²) in [6, 6.07) is 5.39. The van der Waals surface area contributed by atoms with Crippen LogP contribution in [-0.4, -0.2) is 68.9 Å². The number of para-hydroxylation sites is 1. The number of aliphatic hydroxyl groups is 1. The maximum atomic E-state index is 13.1. The summed E-state index contributed by atoms with van der Waals surface area (Å²) in [7, 11) is 5.77. The normalized spacial score (nSPS) is 22.2. The number of anilines is 1. The van der Waals surface area contributed by atoms with Crippen molar-refractivity contribution < 1.29 is 14.6 Å². The highest BCUT2D eigenvalue weighted by Gasteiger charge is 2.33. The van der Waals surface area contributed by atoms with Gasteiger partial charge in [-0.2, -0.15) is 0 Å². The Hall–Kier alpha value is -1.79. The molecule has 0 radical (unpaired) electrons. The first-order chi connectivity index (χ1) is 11.4. The van der Waals surface area contributed by atoms with Gasteiger partial charge in [-0.05, 0) is 26.1 Å². The van der Waals surface area contributed by atoms with Crippen LogP contribution in [0.4, 0.5) is 5.69 Å². The minimum absolute atomic E-state index is 0.0568. The first-order valence-corrected chi connectivity index (χ1v) is 8.44. The predicted octanol–water partition coefficient (Wildman–Crippen LogP) is 1.19. The van der Waals surface area contributed by atoms with Crippen LogP contribution in [0.1, 0.15) is 24.2 Å². The predicted molar refractivity (Wildman–Crippen MR) is 95.9 cm³/mol. The molecule has 2 N–H and O–H groups in total. The van der Waals surface area contributed by atoms with Crippen LogP contribution >= 0.6 is 0 Å². The summed E-state index contributed by atoms with van der Waals surface area (Å²) >= 11 is 0. The van der Waals surface area contributed by atoms with Crippen LogP contribution in [0.5, 0.6) is 5.75 Å². The number of benzene rings is 1. The third-order valence-electron chi connectivity index (χ3n) is 4.56. The second-order valence-electron chi connectivity index (χ2n) is 6.73. The number of likely N-dealkylation sites (N-methyl/N-ethyl adjacent to an activating group) is 1. The second-order valence-corrected chi connectivity index (χ2v) is 6.73. The minimum Gasteiger partial charge on any atom is -0.486 e. The number of fused-ring (bicyclic) bond motifs is 1. The SMILES string of the molecule is CNC[C@@H]1Oc2c(cccc2N(C)C)C(=O)N([C@H](C)CO)C[C@H]1C. The van der Waals surface area contributed by atoms with Gasteiger partial charge in [-0.15, -0.1) is 0 Å². The fraction of sp³-hybridized carbons (Fsp3) is 0.611. The molecule has 0 saturated heterocycles. The van der Waals surface area contributed by atoms with E-state index in [9.17, 15) is 9.90 Å². The number of nitrogens with one attached hydrogen (secondary N) is 1. The standard InChI is InChI=1S/C18H29N3O3/c1-12-10-21(13(2)11-22)18(23)14-7-6-8-15(20(4)5)17(14)24-16(12)9-19-3/h6-8,12-13,16,19,22H,9-11H2,1-5H3/t12-,13-,16+/m1/s1.